The number of aryl methyl sites for hydroxylation is 1. The molecule has 0 aliphatic carbocycles. The summed E-state index contributed by atoms with van der Waals surface area (Å²) in [6, 6.07) is 16.2. The summed E-state index contributed by atoms with van der Waals surface area (Å²) in [5.74, 6) is -0.916. The van der Waals surface area contributed by atoms with E-state index in [1.165, 1.54) is 12.7 Å². The Balaban J connectivity index is 1.77. The van der Waals surface area contributed by atoms with Gasteiger partial charge in [-0.3, -0.25) is 9.59 Å². The third kappa shape index (κ3) is 7.11. The normalized spacial score (nSPS) is 11.2. The molecule has 0 radical (unpaired) electrons. The highest BCUT2D eigenvalue weighted by Crippen LogP contribution is 2.10. The Morgan fingerprint density at radius 2 is 1.68 bits per heavy atom. The van der Waals surface area contributed by atoms with Crippen molar-refractivity contribution in [2.24, 2.45) is 0 Å². The van der Waals surface area contributed by atoms with Gasteiger partial charge in [-0.05, 0) is 49.6 Å². The summed E-state index contributed by atoms with van der Waals surface area (Å²) < 4.78 is 4.47. The first-order valence-corrected chi connectivity index (χ1v) is 9.04. The third-order valence-electron chi connectivity index (χ3n) is 4.11. The van der Waals surface area contributed by atoms with Crippen molar-refractivity contribution in [3.8, 4) is 0 Å². The van der Waals surface area contributed by atoms with Crippen LogP contribution in [0.5, 0.6) is 0 Å². The number of nitrogens with one attached hydrogen (secondary N) is 3. The van der Waals surface area contributed by atoms with Crippen LogP contribution < -0.4 is 16.0 Å². The van der Waals surface area contributed by atoms with Crippen molar-refractivity contribution in [3.63, 3.8) is 0 Å². The Labute approximate surface area is 164 Å². The van der Waals surface area contributed by atoms with Crippen LogP contribution in [0.2, 0.25) is 0 Å². The van der Waals surface area contributed by atoms with Gasteiger partial charge < -0.3 is 20.7 Å². The fraction of sp³-hybridized carbons (Fsp3) is 0.286. The first kappa shape index (κ1) is 21.0. The van der Waals surface area contributed by atoms with Crippen LogP contribution in [0, 0.1) is 0 Å². The smallest absolute Gasteiger partial charge is 0.325 e. The SMILES string of the molecule is COC(=O)CNC(=O)c1ccc(NC(=O)N[C@H](C)CCc2ccccc2)cc1. The first-order valence-electron chi connectivity index (χ1n) is 9.04. The number of hydrogen-bond acceptors (Lipinski definition) is 4. The molecule has 0 saturated carbocycles. The fourth-order valence-corrected chi connectivity index (χ4v) is 2.52. The Morgan fingerprint density at radius 3 is 2.32 bits per heavy atom. The molecular formula is C21H25N3O4. The van der Waals surface area contributed by atoms with E-state index in [4.69, 9.17) is 0 Å². The van der Waals surface area contributed by atoms with Gasteiger partial charge in [0.15, 0.2) is 0 Å². The largest absolute Gasteiger partial charge is 0.468 e. The summed E-state index contributed by atoms with van der Waals surface area (Å²) >= 11 is 0. The second-order valence-corrected chi connectivity index (χ2v) is 6.36. The van der Waals surface area contributed by atoms with Gasteiger partial charge in [0.1, 0.15) is 6.54 Å². The molecule has 2 aromatic carbocycles. The molecule has 3 N–H and O–H groups in total. The van der Waals surface area contributed by atoms with Crippen LogP contribution in [-0.2, 0) is 16.0 Å². The Kier molecular flexibility index (Phi) is 8.02. The van der Waals surface area contributed by atoms with Gasteiger partial charge in [0.05, 0.1) is 7.11 Å². The lowest BCUT2D eigenvalue weighted by atomic mass is 10.1. The fourth-order valence-electron chi connectivity index (χ4n) is 2.52. The van der Waals surface area contributed by atoms with Gasteiger partial charge in [0, 0.05) is 17.3 Å². The van der Waals surface area contributed by atoms with Gasteiger partial charge in [0.2, 0.25) is 0 Å². The van der Waals surface area contributed by atoms with Crippen LogP contribution in [-0.4, -0.2) is 37.6 Å². The summed E-state index contributed by atoms with van der Waals surface area (Å²) in [5, 5.41) is 8.09. The van der Waals surface area contributed by atoms with Gasteiger partial charge in [-0.25, -0.2) is 4.79 Å². The Bertz CT molecular complexity index is 791. The summed E-state index contributed by atoms with van der Waals surface area (Å²) in [5.41, 5.74) is 2.18. The average Bonchev–Trinajstić information content (AvgIpc) is 2.71. The molecule has 2 rings (SSSR count). The molecule has 0 aliphatic rings. The van der Waals surface area contributed by atoms with E-state index >= 15 is 0 Å². The van der Waals surface area contributed by atoms with E-state index in [0.29, 0.717) is 11.3 Å². The summed E-state index contributed by atoms with van der Waals surface area (Å²) in [4.78, 5) is 35.1. The number of carbonyl (C=O) groups excluding carboxylic acids is 3. The minimum Gasteiger partial charge on any atom is -0.468 e. The van der Waals surface area contributed by atoms with Gasteiger partial charge >= 0.3 is 12.0 Å². The van der Waals surface area contributed by atoms with Crippen molar-refractivity contribution in [1.29, 1.82) is 0 Å². The molecule has 0 aromatic heterocycles. The number of methoxy groups -OCH3 is 1. The van der Waals surface area contributed by atoms with Crippen molar-refractivity contribution < 1.29 is 19.1 Å². The zero-order valence-electron chi connectivity index (χ0n) is 16.0. The molecule has 0 spiro atoms. The van der Waals surface area contributed by atoms with E-state index in [1.807, 2.05) is 25.1 Å². The molecule has 7 nitrogen and oxygen atoms in total. The Hall–Kier alpha value is -3.35. The highest BCUT2D eigenvalue weighted by molar-refractivity contribution is 5.97. The van der Waals surface area contributed by atoms with Gasteiger partial charge in [-0.2, -0.15) is 0 Å². The third-order valence-corrected chi connectivity index (χ3v) is 4.11. The molecule has 0 aliphatic heterocycles. The lowest BCUT2D eigenvalue weighted by Crippen LogP contribution is -2.36. The Morgan fingerprint density at radius 1 is 1.00 bits per heavy atom. The van der Waals surface area contributed by atoms with Crippen LogP contribution in [0.3, 0.4) is 0 Å². The lowest BCUT2D eigenvalue weighted by Gasteiger charge is -2.15. The van der Waals surface area contributed by atoms with Crippen molar-refractivity contribution in [2.45, 2.75) is 25.8 Å². The minimum absolute atomic E-state index is 0.0172. The van der Waals surface area contributed by atoms with Crippen molar-refractivity contribution >= 4 is 23.6 Å². The number of urea groups is 1. The number of esters is 1. The highest BCUT2D eigenvalue weighted by atomic mass is 16.5. The van der Waals surface area contributed by atoms with Crippen LogP contribution in [0.4, 0.5) is 10.5 Å². The molecule has 28 heavy (non-hydrogen) atoms. The van der Waals surface area contributed by atoms with Crippen LogP contribution in [0.1, 0.15) is 29.3 Å². The standard InChI is InChI=1S/C21H25N3O4/c1-15(8-9-16-6-4-3-5-7-16)23-21(27)24-18-12-10-17(11-13-18)20(26)22-14-19(25)28-2/h3-7,10-13,15H,8-9,14H2,1-2H3,(H,22,26)(H2,23,24,27)/t15-/m1/s1. The number of ether oxygens (including phenoxy) is 1. The predicted molar refractivity (Wildman–Crippen MR) is 107 cm³/mol. The number of anilines is 1. The number of amides is 3. The van der Waals surface area contributed by atoms with E-state index in [0.717, 1.165) is 12.8 Å². The van der Waals surface area contributed by atoms with E-state index < -0.39 is 11.9 Å². The summed E-state index contributed by atoms with van der Waals surface area (Å²) in [6.45, 7) is 1.76. The van der Waals surface area contributed by atoms with Crippen molar-refractivity contribution in [3.05, 3.63) is 65.7 Å². The first-order chi connectivity index (χ1) is 13.5. The molecule has 3 amide bonds. The predicted octanol–water partition coefficient (Wildman–Crippen LogP) is 2.73. The van der Waals surface area contributed by atoms with Crippen LogP contribution in [0.15, 0.2) is 54.6 Å². The number of rotatable bonds is 8. The quantitative estimate of drug-likeness (QED) is 0.611. The maximum absolute atomic E-state index is 12.1. The van der Waals surface area contributed by atoms with Gasteiger partial charge in [0.25, 0.3) is 5.91 Å². The maximum Gasteiger partial charge on any atom is 0.325 e. The number of hydrogen-bond donors (Lipinski definition) is 3. The molecule has 0 heterocycles. The second kappa shape index (κ2) is 10.7. The van der Waals surface area contributed by atoms with E-state index in [-0.39, 0.29) is 18.6 Å². The molecule has 0 saturated heterocycles. The van der Waals surface area contributed by atoms with Gasteiger partial charge in [-0.15, -0.1) is 0 Å². The molecular weight excluding hydrogens is 358 g/mol. The molecule has 1 atom stereocenters. The molecule has 0 unspecified atom stereocenters. The zero-order valence-corrected chi connectivity index (χ0v) is 16.0. The summed E-state index contributed by atoms with van der Waals surface area (Å²) in [6.07, 6.45) is 1.72. The van der Waals surface area contributed by atoms with Crippen LogP contribution >= 0.6 is 0 Å². The molecule has 7 heteroatoms. The van der Waals surface area contributed by atoms with Crippen LogP contribution in [0.25, 0.3) is 0 Å². The second-order valence-electron chi connectivity index (χ2n) is 6.36. The highest BCUT2D eigenvalue weighted by Gasteiger charge is 2.10. The molecule has 0 fully saturated rings. The van der Waals surface area contributed by atoms with Crippen molar-refractivity contribution in [1.82, 2.24) is 10.6 Å². The average molecular weight is 383 g/mol. The topological polar surface area (TPSA) is 96.5 Å². The van der Waals surface area contributed by atoms with E-state index in [9.17, 15) is 14.4 Å². The molecule has 0 bridgehead atoms. The van der Waals surface area contributed by atoms with E-state index in [2.05, 4.69) is 32.8 Å². The number of carbonyl (C=O) groups is 3. The molecule has 148 valence electrons. The number of benzene rings is 2. The van der Waals surface area contributed by atoms with Gasteiger partial charge in [-0.1, -0.05) is 30.3 Å². The van der Waals surface area contributed by atoms with Crippen molar-refractivity contribution in [2.75, 3.05) is 19.0 Å². The van der Waals surface area contributed by atoms with E-state index in [1.54, 1.807) is 24.3 Å². The zero-order chi connectivity index (χ0) is 20.4. The molecule has 2 aromatic rings. The summed E-state index contributed by atoms with van der Waals surface area (Å²) in [7, 11) is 1.25. The minimum atomic E-state index is -0.523. The monoisotopic (exact) mass is 383 g/mol. The maximum atomic E-state index is 12.1. The lowest BCUT2D eigenvalue weighted by molar-refractivity contribution is -0.139.